The first-order valence-corrected chi connectivity index (χ1v) is 6.21. The molecule has 18 heavy (non-hydrogen) atoms. The zero-order valence-corrected chi connectivity index (χ0v) is 10.2. The molecule has 96 valence electrons. The molecular formula is C14H17NO3. The molecular weight excluding hydrogens is 230 g/mol. The third-order valence-electron chi connectivity index (χ3n) is 3.03. The van der Waals surface area contributed by atoms with Crippen molar-refractivity contribution in [1.29, 1.82) is 0 Å². The van der Waals surface area contributed by atoms with Crippen LogP contribution in [0.3, 0.4) is 0 Å². The summed E-state index contributed by atoms with van der Waals surface area (Å²) in [6, 6.07) is 9.40. The van der Waals surface area contributed by atoms with E-state index < -0.39 is 0 Å². The molecule has 1 saturated heterocycles. The van der Waals surface area contributed by atoms with Gasteiger partial charge in [0.2, 0.25) is 0 Å². The molecule has 0 aromatic heterocycles. The third-order valence-corrected chi connectivity index (χ3v) is 3.03. The number of ketones is 1. The SMILES string of the molecule is O=C(CCC1NCCC1=O)OCc1ccccc1. The number of benzene rings is 1. The Balaban J connectivity index is 1.68. The van der Waals surface area contributed by atoms with Gasteiger partial charge < -0.3 is 10.1 Å². The number of carbonyl (C=O) groups excluding carboxylic acids is 2. The first-order chi connectivity index (χ1) is 8.75. The molecule has 0 saturated carbocycles. The molecule has 1 atom stereocenters. The smallest absolute Gasteiger partial charge is 0.306 e. The van der Waals surface area contributed by atoms with E-state index in [-0.39, 0.29) is 24.2 Å². The van der Waals surface area contributed by atoms with Crippen LogP contribution in [-0.2, 0) is 20.9 Å². The van der Waals surface area contributed by atoms with Crippen molar-refractivity contribution in [2.45, 2.75) is 31.9 Å². The fraction of sp³-hybridized carbons (Fsp3) is 0.429. The van der Waals surface area contributed by atoms with Crippen molar-refractivity contribution in [3.8, 4) is 0 Å². The van der Waals surface area contributed by atoms with Gasteiger partial charge in [0.25, 0.3) is 0 Å². The summed E-state index contributed by atoms with van der Waals surface area (Å²) in [4.78, 5) is 22.9. The maximum atomic E-state index is 11.5. The Labute approximate surface area is 106 Å². The zero-order valence-electron chi connectivity index (χ0n) is 10.2. The van der Waals surface area contributed by atoms with Gasteiger partial charge in [-0.15, -0.1) is 0 Å². The molecule has 0 amide bonds. The topological polar surface area (TPSA) is 55.4 Å². The van der Waals surface area contributed by atoms with Crippen molar-refractivity contribution in [2.75, 3.05) is 6.54 Å². The Morgan fingerprint density at radius 2 is 2.11 bits per heavy atom. The fourth-order valence-corrected chi connectivity index (χ4v) is 1.99. The second-order valence-corrected chi connectivity index (χ2v) is 4.41. The van der Waals surface area contributed by atoms with Crippen LogP contribution in [0.2, 0.25) is 0 Å². The maximum Gasteiger partial charge on any atom is 0.306 e. The van der Waals surface area contributed by atoms with Crippen molar-refractivity contribution < 1.29 is 14.3 Å². The lowest BCUT2D eigenvalue weighted by atomic mass is 10.1. The minimum Gasteiger partial charge on any atom is -0.461 e. The minimum absolute atomic E-state index is 0.158. The van der Waals surface area contributed by atoms with Gasteiger partial charge in [0, 0.05) is 19.4 Å². The van der Waals surface area contributed by atoms with Crippen LogP contribution in [0.15, 0.2) is 30.3 Å². The molecule has 1 aromatic carbocycles. The summed E-state index contributed by atoms with van der Waals surface area (Å²) in [5, 5.41) is 3.08. The van der Waals surface area contributed by atoms with E-state index >= 15 is 0 Å². The normalized spacial score (nSPS) is 18.9. The maximum absolute atomic E-state index is 11.5. The predicted octanol–water partition coefficient (Wildman–Crippen LogP) is 1.44. The monoisotopic (exact) mass is 247 g/mol. The Bertz CT molecular complexity index is 416. The molecule has 1 aliphatic heterocycles. The molecule has 0 spiro atoms. The Hall–Kier alpha value is -1.68. The van der Waals surface area contributed by atoms with Gasteiger partial charge in [-0.2, -0.15) is 0 Å². The van der Waals surface area contributed by atoms with E-state index in [9.17, 15) is 9.59 Å². The van der Waals surface area contributed by atoms with Crippen molar-refractivity contribution >= 4 is 11.8 Å². The Morgan fingerprint density at radius 3 is 2.78 bits per heavy atom. The third kappa shape index (κ3) is 3.67. The number of hydrogen-bond acceptors (Lipinski definition) is 4. The number of ether oxygens (including phenoxy) is 1. The van der Waals surface area contributed by atoms with Crippen LogP contribution in [0.5, 0.6) is 0 Å². The van der Waals surface area contributed by atoms with Crippen LogP contribution >= 0.6 is 0 Å². The van der Waals surface area contributed by atoms with E-state index in [1.54, 1.807) is 0 Å². The van der Waals surface area contributed by atoms with Crippen LogP contribution in [0.1, 0.15) is 24.8 Å². The lowest BCUT2D eigenvalue weighted by Crippen LogP contribution is -2.27. The van der Waals surface area contributed by atoms with Gasteiger partial charge in [-0.1, -0.05) is 30.3 Å². The van der Waals surface area contributed by atoms with E-state index in [0.717, 1.165) is 12.1 Å². The lowest BCUT2D eigenvalue weighted by molar-refractivity contribution is -0.145. The average molecular weight is 247 g/mol. The summed E-state index contributed by atoms with van der Waals surface area (Å²) in [6.45, 7) is 1.02. The number of esters is 1. The van der Waals surface area contributed by atoms with Gasteiger partial charge in [-0.05, 0) is 12.0 Å². The van der Waals surface area contributed by atoms with Gasteiger partial charge in [0.1, 0.15) is 6.61 Å². The number of carbonyl (C=O) groups is 2. The summed E-state index contributed by atoms with van der Waals surface area (Å²) in [7, 11) is 0. The van der Waals surface area contributed by atoms with Crippen LogP contribution in [0, 0.1) is 0 Å². The summed E-state index contributed by atoms with van der Waals surface area (Å²) in [5.74, 6) is -0.0498. The van der Waals surface area contributed by atoms with E-state index in [4.69, 9.17) is 4.74 Å². The molecule has 1 unspecified atom stereocenters. The number of rotatable bonds is 5. The molecule has 1 aromatic rings. The predicted molar refractivity (Wildman–Crippen MR) is 66.9 cm³/mol. The van der Waals surface area contributed by atoms with Crippen LogP contribution < -0.4 is 5.32 Å². The summed E-state index contributed by atoms with van der Waals surface area (Å²) < 4.78 is 5.15. The van der Waals surface area contributed by atoms with Crippen LogP contribution in [0.25, 0.3) is 0 Å². The van der Waals surface area contributed by atoms with Gasteiger partial charge in [0.15, 0.2) is 5.78 Å². The first-order valence-electron chi connectivity index (χ1n) is 6.21. The molecule has 2 rings (SSSR count). The van der Waals surface area contributed by atoms with E-state index in [1.807, 2.05) is 30.3 Å². The number of Topliss-reactive ketones (excluding diaryl/α,β-unsaturated/α-hetero) is 1. The molecule has 1 N–H and O–H groups in total. The van der Waals surface area contributed by atoms with Gasteiger partial charge in [-0.3, -0.25) is 9.59 Å². The van der Waals surface area contributed by atoms with Gasteiger partial charge >= 0.3 is 5.97 Å². The Morgan fingerprint density at radius 1 is 1.33 bits per heavy atom. The second-order valence-electron chi connectivity index (χ2n) is 4.41. The van der Waals surface area contributed by atoms with Crippen LogP contribution in [0.4, 0.5) is 0 Å². The second kappa shape index (κ2) is 6.31. The molecule has 0 aliphatic carbocycles. The van der Waals surface area contributed by atoms with Crippen molar-refractivity contribution in [2.24, 2.45) is 0 Å². The largest absolute Gasteiger partial charge is 0.461 e. The van der Waals surface area contributed by atoms with Gasteiger partial charge in [0.05, 0.1) is 6.04 Å². The summed E-state index contributed by atoms with van der Waals surface area (Å²) >= 11 is 0. The molecule has 1 aliphatic rings. The molecule has 4 heteroatoms. The van der Waals surface area contributed by atoms with Crippen molar-refractivity contribution in [1.82, 2.24) is 5.32 Å². The summed E-state index contributed by atoms with van der Waals surface area (Å²) in [6.07, 6.45) is 1.40. The highest BCUT2D eigenvalue weighted by atomic mass is 16.5. The molecule has 1 heterocycles. The van der Waals surface area contributed by atoms with E-state index in [2.05, 4.69) is 5.32 Å². The van der Waals surface area contributed by atoms with Gasteiger partial charge in [-0.25, -0.2) is 0 Å². The van der Waals surface area contributed by atoms with E-state index in [0.29, 0.717) is 19.4 Å². The Kier molecular flexibility index (Phi) is 4.47. The molecule has 0 radical (unpaired) electrons. The quantitative estimate of drug-likeness (QED) is 0.800. The first kappa shape index (κ1) is 12.8. The highest BCUT2D eigenvalue weighted by Crippen LogP contribution is 2.09. The van der Waals surface area contributed by atoms with Crippen molar-refractivity contribution in [3.63, 3.8) is 0 Å². The lowest BCUT2D eigenvalue weighted by Gasteiger charge is -2.08. The number of nitrogens with one attached hydrogen (secondary N) is 1. The van der Waals surface area contributed by atoms with Crippen molar-refractivity contribution in [3.05, 3.63) is 35.9 Å². The molecule has 4 nitrogen and oxygen atoms in total. The zero-order chi connectivity index (χ0) is 12.8. The van der Waals surface area contributed by atoms with Crippen LogP contribution in [-0.4, -0.2) is 24.3 Å². The molecule has 0 bridgehead atoms. The molecule has 1 fully saturated rings. The highest BCUT2D eigenvalue weighted by molar-refractivity contribution is 5.86. The number of hydrogen-bond donors (Lipinski definition) is 1. The average Bonchev–Trinajstić information content (AvgIpc) is 2.81. The minimum atomic E-state index is -0.250. The highest BCUT2D eigenvalue weighted by Gasteiger charge is 2.24. The summed E-state index contributed by atoms with van der Waals surface area (Å²) in [5.41, 5.74) is 0.973. The van der Waals surface area contributed by atoms with E-state index in [1.165, 1.54) is 0 Å². The fourth-order valence-electron chi connectivity index (χ4n) is 1.99. The standard InChI is InChI=1S/C14H17NO3/c16-13-8-9-15-12(13)6-7-14(17)18-10-11-4-2-1-3-5-11/h1-5,12,15H,6-10H2.